The topological polar surface area (TPSA) is 93.5 Å². The van der Waals surface area contributed by atoms with Gasteiger partial charge in [0.15, 0.2) is 0 Å². The van der Waals surface area contributed by atoms with E-state index in [1.165, 1.54) is 12.1 Å². The van der Waals surface area contributed by atoms with E-state index in [0.717, 1.165) is 0 Å². The lowest BCUT2D eigenvalue weighted by atomic mass is 10.1. The third kappa shape index (κ3) is 5.39. The zero-order chi connectivity index (χ0) is 15.7. The molecule has 116 valence electrons. The molecule has 0 aliphatic heterocycles. The fraction of sp³-hybridized carbons (Fsp3) is 0.500. The highest BCUT2D eigenvalue weighted by atomic mass is 16.6. The lowest BCUT2D eigenvalue weighted by molar-refractivity contribution is -0.384. The van der Waals surface area contributed by atoms with E-state index >= 15 is 0 Å². The second-order valence-electron chi connectivity index (χ2n) is 4.32. The van der Waals surface area contributed by atoms with E-state index in [0.29, 0.717) is 38.4 Å². The highest BCUT2D eigenvalue weighted by molar-refractivity contribution is 6.00. The second kappa shape index (κ2) is 8.91. The summed E-state index contributed by atoms with van der Waals surface area (Å²) in [5.74, 6) is -0.328. The third-order valence-electron chi connectivity index (χ3n) is 2.78. The second-order valence-corrected chi connectivity index (χ2v) is 4.32. The molecule has 1 aromatic rings. The van der Waals surface area contributed by atoms with Gasteiger partial charge in [0.05, 0.1) is 10.5 Å². The maximum absolute atomic E-state index is 12.1. The van der Waals surface area contributed by atoms with Crippen molar-refractivity contribution in [1.29, 1.82) is 0 Å². The number of carbonyl (C=O) groups excluding carboxylic acids is 1. The molecule has 0 radical (unpaired) electrons. The number of ether oxygens (including phenoxy) is 1. The predicted molar refractivity (Wildman–Crippen MR) is 80.7 cm³/mol. The Hall–Kier alpha value is -2.15. The van der Waals surface area contributed by atoms with Gasteiger partial charge in [-0.1, -0.05) is 0 Å². The van der Waals surface area contributed by atoms with Crippen molar-refractivity contribution in [2.75, 3.05) is 31.6 Å². The van der Waals surface area contributed by atoms with Gasteiger partial charge < -0.3 is 15.4 Å². The number of nitrogens with zero attached hydrogens (tertiary/aromatic N) is 1. The highest BCUT2D eigenvalue weighted by Gasteiger charge is 2.16. The van der Waals surface area contributed by atoms with E-state index < -0.39 is 4.92 Å². The molecule has 0 unspecified atom stereocenters. The van der Waals surface area contributed by atoms with Crippen LogP contribution in [0.15, 0.2) is 18.2 Å². The molecule has 0 spiro atoms. The lowest BCUT2D eigenvalue weighted by Gasteiger charge is -2.11. The first-order valence-corrected chi connectivity index (χ1v) is 6.98. The van der Waals surface area contributed by atoms with E-state index in [4.69, 9.17) is 4.74 Å². The van der Waals surface area contributed by atoms with Gasteiger partial charge in [-0.25, -0.2) is 0 Å². The van der Waals surface area contributed by atoms with Gasteiger partial charge >= 0.3 is 0 Å². The number of rotatable bonds is 9. The first kappa shape index (κ1) is 16.9. The number of anilines is 1. The van der Waals surface area contributed by atoms with Crippen molar-refractivity contribution < 1.29 is 14.5 Å². The molecule has 1 aromatic carbocycles. The Morgan fingerprint density at radius 1 is 1.38 bits per heavy atom. The van der Waals surface area contributed by atoms with Crippen LogP contribution in [0.5, 0.6) is 0 Å². The van der Waals surface area contributed by atoms with Crippen molar-refractivity contribution in [2.45, 2.75) is 20.3 Å². The summed E-state index contributed by atoms with van der Waals surface area (Å²) in [6, 6.07) is 4.22. The van der Waals surface area contributed by atoms with E-state index in [-0.39, 0.29) is 17.2 Å². The Labute approximate surface area is 123 Å². The molecule has 0 atom stereocenters. The van der Waals surface area contributed by atoms with Crippen molar-refractivity contribution in [3.8, 4) is 0 Å². The highest BCUT2D eigenvalue weighted by Crippen LogP contribution is 2.22. The van der Waals surface area contributed by atoms with Gasteiger partial charge in [-0.3, -0.25) is 14.9 Å². The van der Waals surface area contributed by atoms with Crippen molar-refractivity contribution >= 4 is 17.3 Å². The predicted octanol–water partition coefficient (Wildman–Crippen LogP) is 2.18. The minimum absolute atomic E-state index is 0.101. The number of nitro benzene ring substituents is 1. The van der Waals surface area contributed by atoms with Crippen LogP contribution in [-0.2, 0) is 4.74 Å². The molecule has 2 N–H and O–H groups in total. The summed E-state index contributed by atoms with van der Waals surface area (Å²) in [4.78, 5) is 22.4. The summed E-state index contributed by atoms with van der Waals surface area (Å²) in [5.41, 5.74) is 0.768. The minimum atomic E-state index is -0.512. The van der Waals surface area contributed by atoms with Crippen LogP contribution in [0.25, 0.3) is 0 Å². The maximum atomic E-state index is 12.1. The number of hydrogen-bond acceptors (Lipinski definition) is 5. The molecule has 0 fully saturated rings. The SMILES string of the molecule is CCNc1ccc([N+](=O)[O-])cc1C(=O)NCCCOCC. The molecule has 1 amide bonds. The van der Waals surface area contributed by atoms with Gasteiger partial charge in [-0.15, -0.1) is 0 Å². The van der Waals surface area contributed by atoms with E-state index in [1.807, 2.05) is 13.8 Å². The molecular weight excluding hydrogens is 274 g/mol. The number of nitro groups is 1. The van der Waals surface area contributed by atoms with Crippen LogP contribution in [-0.4, -0.2) is 37.1 Å². The van der Waals surface area contributed by atoms with Gasteiger partial charge in [-0.05, 0) is 26.3 Å². The van der Waals surface area contributed by atoms with Gasteiger partial charge in [0.2, 0.25) is 0 Å². The Kier molecular flexibility index (Phi) is 7.17. The number of nitrogens with one attached hydrogen (secondary N) is 2. The fourth-order valence-electron chi connectivity index (χ4n) is 1.79. The Morgan fingerprint density at radius 2 is 2.14 bits per heavy atom. The summed E-state index contributed by atoms with van der Waals surface area (Å²) in [7, 11) is 0. The molecule has 21 heavy (non-hydrogen) atoms. The number of hydrogen-bond donors (Lipinski definition) is 2. The van der Waals surface area contributed by atoms with Crippen LogP contribution in [0.1, 0.15) is 30.6 Å². The largest absolute Gasteiger partial charge is 0.385 e. The molecule has 7 heteroatoms. The average molecular weight is 295 g/mol. The van der Waals surface area contributed by atoms with E-state index in [9.17, 15) is 14.9 Å². The standard InChI is InChI=1S/C14H21N3O4/c1-3-15-13-7-6-11(17(19)20)10-12(13)14(18)16-8-5-9-21-4-2/h6-7,10,15H,3-5,8-9H2,1-2H3,(H,16,18). The van der Waals surface area contributed by atoms with Gasteiger partial charge in [0.25, 0.3) is 11.6 Å². The molecule has 0 aliphatic rings. The molecule has 0 aliphatic carbocycles. The van der Waals surface area contributed by atoms with Gasteiger partial charge in [0, 0.05) is 44.1 Å². The van der Waals surface area contributed by atoms with Crippen molar-refractivity contribution in [2.24, 2.45) is 0 Å². The summed E-state index contributed by atoms with van der Waals surface area (Å²) >= 11 is 0. The number of carbonyl (C=O) groups is 1. The quantitative estimate of drug-likeness (QED) is 0.414. The van der Waals surface area contributed by atoms with Crippen LogP contribution in [0, 0.1) is 10.1 Å². The summed E-state index contributed by atoms with van der Waals surface area (Å²) in [6.07, 6.45) is 0.699. The molecule has 1 rings (SSSR count). The zero-order valence-corrected chi connectivity index (χ0v) is 12.3. The van der Waals surface area contributed by atoms with E-state index in [1.54, 1.807) is 6.07 Å². The molecular formula is C14H21N3O4. The summed E-state index contributed by atoms with van der Waals surface area (Å²) in [5, 5.41) is 16.6. The number of non-ortho nitro benzene ring substituents is 1. The van der Waals surface area contributed by atoms with Crippen LogP contribution in [0.4, 0.5) is 11.4 Å². The molecule has 0 saturated carbocycles. The third-order valence-corrected chi connectivity index (χ3v) is 2.78. The fourth-order valence-corrected chi connectivity index (χ4v) is 1.79. The van der Waals surface area contributed by atoms with Crippen molar-refractivity contribution in [1.82, 2.24) is 5.32 Å². The molecule has 0 heterocycles. The average Bonchev–Trinajstić information content (AvgIpc) is 2.47. The van der Waals surface area contributed by atoms with E-state index in [2.05, 4.69) is 10.6 Å². The van der Waals surface area contributed by atoms with Crippen molar-refractivity contribution in [3.63, 3.8) is 0 Å². The normalized spacial score (nSPS) is 10.2. The number of benzene rings is 1. The first-order valence-electron chi connectivity index (χ1n) is 6.98. The van der Waals surface area contributed by atoms with Crippen LogP contribution in [0.2, 0.25) is 0 Å². The van der Waals surface area contributed by atoms with Crippen LogP contribution < -0.4 is 10.6 Å². The minimum Gasteiger partial charge on any atom is -0.385 e. The lowest BCUT2D eigenvalue weighted by Crippen LogP contribution is -2.26. The zero-order valence-electron chi connectivity index (χ0n) is 12.3. The van der Waals surface area contributed by atoms with Gasteiger partial charge in [-0.2, -0.15) is 0 Å². The maximum Gasteiger partial charge on any atom is 0.270 e. The molecule has 0 aromatic heterocycles. The molecule has 0 bridgehead atoms. The first-order chi connectivity index (χ1) is 10.1. The van der Waals surface area contributed by atoms with Crippen LogP contribution >= 0.6 is 0 Å². The molecule has 0 saturated heterocycles. The Morgan fingerprint density at radius 3 is 2.76 bits per heavy atom. The summed E-state index contributed by atoms with van der Waals surface area (Å²) < 4.78 is 5.18. The molecule has 7 nitrogen and oxygen atoms in total. The monoisotopic (exact) mass is 295 g/mol. The summed E-state index contributed by atoms with van der Waals surface area (Å²) in [6.45, 7) is 6.11. The Balaban J connectivity index is 2.74. The Bertz CT molecular complexity index is 491. The van der Waals surface area contributed by atoms with Crippen molar-refractivity contribution in [3.05, 3.63) is 33.9 Å². The smallest absolute Gasteiger partial charge is 0.270 e. The number of amides is 1. The van der Waals surface area contributed by atoms with Gasteiger partial charge in [0.1, 0.15) is 0 Å². The van der Waals surface area contributed by atoms with Crippen LogP contribution in [0.3, 0.4) is 0 Å².